The maximum Gasteiger partial charge on any atom is 0.341 e. The first kappa shape index (κ1) is 21.8. The third-order valence-corrected chi connectivity index (χ3v) is 4.35. The second-order valence-electron chi connectivity index (χ2n) is 6.15. The molecule has 1 fully saturated rings. The Kier molecular flexibility index (Phi) is 8.92. The number of hydrogen-bond acceptors (Lipinski definition) is 5. The van der Waals surface area contributed by atoms with Crippen molar-refractivity contribution in [3.05, 3.63) is 29.8 Å². The van der Waals surface area contributed by atoms with E-state index in [1.165, 1.54) is 0 Å². The van der Waals surface area contributed by atoms with Crippen molar-refractivity contribution in [2.75, 3.05) is 13.2 Å². The van der Waals surface area contributed by atoms with E-state index in [1.807, 2.05) is 0 Å². The number of guanidine groups is 1. The van der Waals surface area contributed by atoms with Crippen LogP contribution in [0.25, 0.3) is 0 Å². The van der Waals surface area contributed by atoms with E-state index in [1.54, 1.807) is 31.2 Å². The first-order valence-electron chi connectivity index (χ1n) is 8.57. The number of benzene rings is 1. The molecule has 0 unspecified atom stereocenters. The van der Waals surface area contributed by atoms with E-state index < -0.39 is 5.97 Å². The quantitative estimate of drug-likeness (QED) is 0.301. The molecule has 1 aromatic rings. The second-order valence-corrected chi connectivity index (χ2v) is 6.15. The Balaban J connectivity index is 0.00000338. The van der Waals surface area contributed by atoms with Crippen molar-refractivity contribution in [1.82, 2.24) is 5.32 Å². The number of ether oxygens (including phenoxy) is 2. The summed E-state index contributed by atoms with van der Waals surface area (Å²) in [5.41, 5.74) is 5.55. The van der Waals surface area contributed by atoms with Gasteiger partial charge >= 0.3 is 11.9 Å². The van der Waals surface area contributed by atoms with Crippen molar-refractivity contribution in [1.29, 1.82) is 5.41 Å². The maximum absolute atomic E-state index is 12.4. The lowest BCUT2D eigenvalue weighted by molar-refractivity contribution is -0.140. The minimum atomic E-state index is -0.495. The molecule has 0 saturated heterocycles. The van der Waals surface area contributed by atoms with Crippen LogP contribution in [0.2, 0.25) is 0 Å². The molecule has 0 amide bonds. The molecule has 0 atom stereocenters. The summed E-state index contributed by atoms with van der Waals surface area (Å²) >= 11 is 0. The lowest BCUT2D eigenvalue weighted by Gasteiger charge is -2.27. The largest absolute Gasteiger partial charge is 0.462 e. The fourth-order valence-electron chi connectivity index (χ4n) is 2.98. The zero-order chi connectivity index (χ0) is 18.2. The molecule has 0 heterocycles. The predicted octanol–water partition coefficient (Wildman–Crippen LogP) is 2.48. The Morgan fingerprint density at radius 1 is 1.23 bits per heavy atom. The summed E-state index contributed by atoms with van der Waals surface area (Å²) in [6, 6.07) is 6.62. The van der Waals surface area contributed by atoms with E-state index in [9.17, 15) is 9.59 Å². The van der Waals surface area contributed by atoms with Crippen LogP contribution in [-0.4, -0.2) is 31.0 Å². The highest BCUT2D eigenvalue weighted by Gasteiger charge is 2.28. The van der Waals surface area contributed by atoms with Crippen molar-refractivity contribution in [3.8, 4) is 5.75 Å². The Morgan fingerprint density at radius 2 is 1.88 bits per heavy atom. The van der Waals surface area contributed by atoms with Crippen LogP contribution in [0.5, 0.6) is 5.75 Å². The fourth-order valence-corrected chi connectivity index (χ4v) is 2.98. The summed E-state index contributed by atoms with van der Waals surface area (Å²) < 4.78 is 10.5. The van der Waals surface area contributed by atoms with Gasteiger partial charge in [0.15, 0.2) is 5.96 Å². The summed E-state index contributed by atoms with van der Waals surface area (Å²) in [5.74, 6) is -0.369. The van der Waals surface area contributed by atoms with Crippen LogP contribution >= 0.6 is 12.4 Å². The highest BCUT2D eigenvalue weighted by molar-refractivity contribution is 5.93. The molecule has 7 nitrogen and oxygen atoms in total. The Bertz CT molecular complexity index is 631. The van der Waals surface area contributed by atoms with E-state index in [0.29, 0.717) is 12.5 Å². The van der Waals surface area contributed by atoms with Crippen LogP contribution in [0, 0.1) is 17.2 Å². The summed E-state index contributed by atoms with van der Waals surface area (Å²) in [5, 5.41) is 10.0. The molecule has 26 heavy (non-hydrogen) atoms. The molecular formula is C18H26ClN3O4. The van der Waals surface area contributed by atoms with E-state index in [-0.39, 0.29) is 48.2 Å². The van der Waals surface area contributed by atoms with Crippen LogP contribution in [0.4, 0.5) is 0 Å². The van der Waals surface area contributed by atoms with Gasteiger partial charge in [-0.25, -0.2) is 4.79 Å². The molecule has 144 valence electrons. The topological polar surface area (TPSA) is 114 Å². The van der Waals surface area contributed by atoms with Gasteiger partial charge in [0.25, 0.3) is 0 Å². The Morgan fingerprint density at radius 3 is 2.50 bits per heavy atom. The van der Waals surface area contributed by atoms with Crippen molar-refractivity contribution in [2.24, 2.45) is 17.6 Å². The van der Waals surface area contributed by atoms with Gasteiger partial charge in [0, 0.05) is 6.54 Å². The van der Waals surface area contributed by atoms with Gasteiger partial charge < -0.3 is 20.5 Å². The molecule has 1 aromatic carbocycles. The van der Waals surface area contributed by atoms with Gasteiger partial charge in [0.1, 0.15) is 11.3 Å². The first-order valence-corrected chi connectivity index (χ1v) is 8.57. The molecule has 8 heteroatoms. The lowest BCUT2D eigenvalue weighted by atomic mass is 9.82. The Labute approximate surface area is 159 Å². The smallest absolute Gasteiger partial charge is 0.341 e. The molecule has 4 N–H and O–H groups in total. The second kappa shape index (κ2) is 10.7. The van der Waals surface area contributed by atoms with Gasteiger partial charge in [0.2, 0.25) is 0 Å². The zero-order valence-corrected chi connectivity index (χ0v) is 15.6. The average molecular weight is 384 g/mol. The summed E-state index contributed by atoms with van der Waals surface area (Å²) in [6.45, 7) is 2.65. The highest BCUT2D eigenvalue weighted by atomic mass is 35.5. The number of halogens is 1. The van der Waals surface area contributed by atoms with Gasteiger partial charge in [-0.3, -0.25) is 10.2 Å². The van der Waals surface area contributed by atoms with E-state index in [0.717, 1.165) is 25.7 Å². The molecule has 2 rings (SSSR count). The first-order chi connectivity index (χ1) is 12.0. The van der Waals surface area contributed by atoms with Crippen LogP contribution in [0.3, 0.4) is 0 Å². The fraction of sp³-hybridized carbons (Fsp3) is 0.500. The number of hydrogen-bond donors (Lipinski definition) is 3. The van der Waals surface area contributed by atoms with Gasteiger partial charge in [-0.05, 0) is 50.7 Å². The number of carbonyl (C=O) groups excluding carboxylic acids is 2. The standard InChI is InChI=1S/C18H25N3O4.ClH/c1-2-24-17(23)14-5-3-4-6-15(14)25-16(22)13-9-7-12(8-10-13)11-21-18(19)20;/h3-6,12-13H,2,7-11H2,1H3,(H4,19,20,21);1H/t12-,13-;. The molecule has 1 aliphatic rings. The van der Waals surface area contributed by atoms with Crippen LogP contribution < -0.4 is 15.8 Å². The van der Waals surface area contributed by atoms with Crippen molar-refractivity contribution in [2.45, 2.75) is 32.6 Å². The van der Waals surface area contributed by atoms with Crippen molar-refractivity contribution < 1.29 is 19.1 Å². The number of nitrogens with one attached hydrogen (secondary N) is 2. The van der Waals surface area contributed by atoms with Crippen LogP contribution in [0.15, 0.2) is 24.3 Å². The van der Waals surface area contributed by atoms with Gasteiger partial charge in [-0.2, -0.15) is 0 Å². The van der Waals surface area contributed by atoms with E-state index >= 15 is 0 Å². The van der Waals surface area contributed by atoms with E-state index in [4.69, 9.17) is 20.6 Å². The lowest BCUT2D eigenvalue weighted by Crippen LogP contribution is -2.36. The minimum absolute atomic E-state index is 0. The van der Waals surface area contributed by atoms with Crippen LogP contribution in [0.1, 0.15) is 43.0 Å². The molecule has 0 radical (unpaired) electrons. The molecule has 0 aromatic heterocycles. The Hall–Kier alpha value is -2.28. The number of para-hydroxylation sites is 1. The number of esters is 2. The zero-order valence-electron chi connectivity index (χ0n) is 14.8. The summed E-state index contributed by atoms with van der Waals surface area (Å²) in [4.78, 5) is 24.4. The monoisotopic (exact) mass is 383 g/mol. The minimum Gasteiger partial charge on any atom is -0.462 e. The van der Waals surface area contributed by atoms with Crippen molar-refractivity contribution >= 4 is 30.3 Å². The van der Waals surface area contributed by atoms with Crippen LogP contribution in [-0.2, 0) is 9.53 Å². The molecule has 0 spiro atoms. The number of carbonyl (C=O) groups is 2. The SMILES string of the molecule is CCOC(=O)c1ccccc1OC(=O)[C@H]1CC[C@H](CNC(=N)N)CC1.Cl. The average Bonchev–Trinajstić information content (AvgIpc) is 2.61. The molecule has 0 bridgehead atoms. The predicted molar refractivity (Wildman–Crippen MR) is 101 cm³/mol. The number of rotatable bonds is 6. The molecule has 0 aliphatic heterocycles. The molecule has 1 saturated carbocycles. The van der Waals surface area contributed by atoms with Crippen molar-refractivity contribution in [3.63, 3.8) is 0 Å². The highest BCUT2D eigenvalue weighted by Crippen LogP contribution is 2.30. The van der Waals surface area contributed by atoms with Gasteiger partial charge in [0.05, 0.1) is 12.5 Å². The molecular weight excluding hydrogens is 358 g/mol. The third kappa shape index (κ3) is 6.22. The van der Waals surface area contributed by atoms with Gasteiger partial charge in [-0.1, -0.05) is 12.1 Å². The molecule has 1 aliphatic carbocycles. The third-order valence-electron chi connectivity index (χ3n) is 4.35. The van der Waals surface area contributed by atoms with E-state index in [2.05, 4.69) is 5.32 Å². The summed E-state index contributed by atoms with van der Waals surface area (Å²) in [7, 11) is 0. The summed E-state index contributed by atoms with van der Waals surface area (Å²) in [6.07, 6.45) is 3.20. The number of nitrogens with two attached hydrogens (primary N) is 1. The maximum atomic E-state index is 12.4. The normalized spacial score (nSPS) is 19.0. The van der Waals surface area contributed by atoms with Gasteiger partial charge in [-0.15, -0.1) is 12.4 Å².